The Bertz CT molecular complexity index is 2230. The summed E-state index contributed by atoms with van der Waals surface area (Å²) in [7, 11) is 0. The maximum absolute atomic E-state index is 15.4. The molecule has 0 bridgehead atoms. The molecule has 0 aromatic heterocycles. The topological polar surface area (TPSA) is 128 Å². The third-order valence-corrected chi connectivity index (χ3v) is 6.69. The van der Waals surface area contributed by atoms with E-state index in [1.807, 2.05) is 30.3 Å². The van der Waals surface area contributed by atoms with Crippen LogP contribution in [0.3, 0.4) is 0 Å². The Hall–Kier alpha value is -6.90. The highest BCUT2D eigenvalue weighted by molar-refractivity contribution is 5.94. The molecule has 1 fully saturated rings. The standard InChI is InChI=1S/C45H32FNO7/c1-2-3-4-5-6-7-8-9-10-11-12-13-14-15-16-17-18-19-20-21-22-23-27-34-41(49)47-39(38(46)33-29-28-32-37-30-25-24-26-31-37)36-53-45-44(52)43(51)42(50)40(35-48)54-45/h24-26,30-31,38-40,42-45,48,50-52H,28-29,32-33,35-36H2,1H3,(H,47,49)/t38-,39+,40?,42+,43+,44?,45+/m1/s1. The summed E-state index contributed by atoms with van der Waals surface area (Å²) < 4.78 is 26.2. The van der Waals surface area contributed by atoms with E-state index in [9.17, 15) is 25.2 Å². The molecule has 8 nitrogen and oxygen atoms in total. The molecule has 0 aliphatic carbocycles. The molecule has 7 atom stereocenters. The van der Waals surface area contributed by atoms with E-state index in [1.165, 1.54) is 0 Å². The van der Waals surface area contributed by atoms with E-state index in [0.29, 0.717) is 12.8 Å². The summed E-state index contributed by atoms with van der Waals surface area (Å²) in [6.45, 7) is 0.544. The summed E-state index contributed by atoms with van der Waals surface area (Å²) in [4.78, 5) is 12.5. The van der Waals surface area contributed by atoms with Gasteiger partial charge in [0, 0.05) is 41.4 Å². The van der Waals surface area contributed by atoms with Crippen LogP contribution in [0.15, 0.2) is 30.3 Å². The third kappa shape index (κ3) is 18.9. The van der Waals surface area contributed by atoms with Gasteiger partial charge in [0.15, 0.2) is 6.29 Å². The molecule has 1 aliphatic rings. The van der Waals surface area contributed by atoms with E-state index in [2.05, 4.69) is 147 Å². The zero-order chi connectivity index (χ0) is 39.1. The second-order valence-electron chi connectivity index (χ2n) is 10.5. The highest BCUT2D eigenvalue weighted by Gasteiger charge is 2.44. The van der Waals surface area contributed by atoms with Gasteiger partial charge >= 0.3 is 0 Å². The summed E-state index contributed by atoms with van der Waals surface area (Å²) >= 11 is 0. The SMILES string of the molecule is CC#CC#CC#CC#CC#CC#CC#CC#CC#CC#CC#CC#CC(=O)N[C@@H](CO[C@H]1OC(CO)[C@H](O)[C@H](O)C1O)[C@H](F)CCCCc1ccccc1. The normalized spacial score (nSPS) is 17.7. The highest BCUT2D eigenvalue weighted by Crippen LogP contribution is 2.23. The van der Waals surface area contributed by atoms with E-state index in [-0.39, 0.29) is 6.42 Å². The molecular formula is C45H32FNO7. The van der Waals surface area contributed by atoms with Gasteiger partial charge in [0.2, 0.25) is 0 Å². The zero-order valence-electron chi connectivity index (χ0n) is 29.1. The van der Waals surface area contributed by atoms with E-state index in [4.69, 9.17) is 9.47 Å². The summed E-state index contributed by atoms with van der Waals surface area (Å²) in [5, 5.41) is 42.2. The molecule has 9 heteroatoms. The van der Waals surface area contributed by atoms with E-state index < -0.39 is 62.0 Å². The van der Waals surface area contributed by atoms with Gasteiger partial charge in [-0.05, 0) is 126 Å². The number of carbonyl (C=O) groups is 1. The van der Waals surface area contributed by atoms with Crippen LogP contribution < -0.4 is 5.32 Å². The van der Waals surface area contributed by atoms with E-state index in [0.717, 1.165) is 12.0 Å². The predicted molar refractivity (Wildman–Crippen MR) is 200 cm³/mol. The lowest BCUT2D eigenvalue weighted by Gasteiger charge is -2.40. The average molecular weight is 718 g/mol. The fraction of sp³-hybridized carbons (Fsp3) is 0.311. The number of rotatable bonds is 11. The number of nitrogens with one attached hydrogen (secondary N) is 1. The van der Waals surface area contributed by atoms with Crippen molar-refractivity contribution in [3.63, 3.8) is 0 Å². The van der Waals surface area contributed by atoms with Gasteiger partial charge < -0.3 is 35.2 Å². The number of benzene rings is 1. The molecule has 1 aliphatic heterocycles. The molecular weight excluding hydrogens is 685 g/mol. The number of alkyl halides is 1. The number of halogens is 1. The Labute approximate surface area is 316 Å². The molecule has 1 aromatic carbocycles. The van der Waals surface area contributed by atoms with Gasteiger partial charge in [0.25, 0.3) is 5.91 Å². The van der Waals surface area contributed by atoms with Crippen LogP contribution in [0.5, 0.6) is 0 Å². The molecule has 0 saturated carbocycles. The Morgan fingerprint density at radius 1 is 0.722 bits per heavy atom. The van der Waals surface area contributed by atoms with Crippen molar-refractivity contribution in [3.05, 3.63) is 35.9 Å². The Kier molecular flexibility index (Phi) is 22.3. The lowest BCUT2D eigenvalue weighted by molar-refractivity contribution is -0.302. The molecule has 0 radical (unpaired) electrons. The molecule has 2 unspecified atom stereocenters. The van der Waals surface area contributed by atoms with Crippen molar-refractivity contribution in [2.24, 2.45) is 0 Å². The quantitative estimate of drug-likeness (QED) is 0.162. The van der Waals surface area contributed by atoms with Crippen LogP contribution in [0, 0.1) is 142 Å². The zero-order valence-corrected chi connectivity index (χ0v) is 29.1. The molecule has 2 rings (SSSR count). The van der Waals surface area contributed by atoms with Gasteiger partial charge in [-0.1, -0.05) is 42.7 Å². The van der Waals surface area contributed by atoms with Crippen LogP contribution in [-0.4, -0.2) is 82.5 Å². The van der Waals surface area contributed by atoms with Crippen molar-refractivity contribution < 1.29 is 39.1 Å². The predicted octanol–water partition coefficient (Wildman–Crippen LogP) is 0.0995. The number of aliphatic hydroxyl groups is 4. The lowest BCUT2D eigenvalue weighted by atomic mass is 9.99. The molecule has 5 N–H and O–H groups in total. The monoisotopic (exact) mass is 717 g/mol. The first-order valence-electron chi connectivity index (χ1n) is 16.2. The van der Waals surface area contributed by atoms with Crippen molar-refractivity contribution >= 4 is 5.91 Å². The van der Waals surface area contributed by atoms with Gasteiger partial charge in [0.05, 0.1) is 19.3 Å². The van der Waals surface area contributed by atoms with Crippen molar-refractivity contribution in [1.29, 1.82) is 0 Å². The van der Waals surface area contributed by atoms with E-state index >= 15 is 4.39 Å². The summed E-state index contributed by atoms with van der Waals surface area (Å²) in [5.74, 6) is 58.2. The van der Waals surface area contributed by atoms with Crippen molar-refractivity contribution in [2.45, 2.75) is 75.5 Å². The molecule has 0 spiro atoms. The van der Waals surface area contributed by atoms with Crippen molar-refractivity contribution in [3.8, 4) is 142 Å². The van der Waals surface area contributed by atoms with Crippen LogP contribution in [0.4, 0.5) is 4.39 Å². The number of unbranched alkanes of at least 4 members (excludes halogenated alkanes) is 1. The number of carbonyl (C=O) groups excluding carboxylic acids is 1. The third-order valence-electron chi connectivity index (χ3n) is 6.69. The molecule has 1 aromatic rings. The number of aliphatic hydroxyl groups excluding tert-OH is 4. The minimum absolute atomic E-state index is 0.0840. The van der Waals surface area contributed by atoms with Gasteiger partial charge in [-0.2, -0.15) is 0 Å². The average Bonchev–Trinajstić information content (AvgIpc) is 3.18. The fourth-order valence-corrected chi connectivity index (χ4v) is 4.13. The smallest absolute Gasteiger partial charge is 0.297 e. The number of amides is 1. The number of hydrogen-bond donors (Lipinski definition) is 5. The van der Waals surface area contributed by atoms with E-state index in [1.54, 1.807) is 6.92 Å². The first kappa shape index (κ1) is 43.3. The Morgan fingerprint density at radius 3 is 1.69 bits per heavy atom. The van der Waals surface area contributed by atoms with Crippen LogP contribution in [0.25, 0.3) is 0 Å². The number of hydrogen-bond acceptors (Lipinski definition) is 7. The minimum Gasteiger partial charge on any atom is -0.394 e. The molecule has 1 amide bonds. The lowest BCUT2D eigenvalue weighted by Crippen LogP contribution is -2.59. The minimum atomic E-state index is -1.69. The second-order valence-corrected chi connectivity index (χ2v) is 10.5. The summed E-state index contributed by atoms with van der Waals surface area (Å²) in [5.41, 5.74) is 1.12. The van der Waals surface area contributed by atoms with Crippen LogP contribution >= 0.6 is 0 Å². The fourth-order valence-electron chi connectivity index (χ4n) is 4.13. The van der Waals surface area contributed by atoms with Crippen LogP contribution in [0.2, 0.25) is 0 Å². The summed E-state index contributed by atoms with van der Waals surface area (Å²) in [6, 6.07) is 8.51. The largest absolute Gasteiger partial charge is 0.394 e. The van der Waals surface area contributed by atoms with Crippen molar-refractivity contribution in [1.82, 2.24) is 5.32 Å². The molecule has 1 saturated heterocycles. The first-order chi connectivity index (χ1) is 26.4. The maximum Gasteiger partial charge on any atom is 0.297 e. The molecule has 54 heavy (non-hydrogen) atoms. The first-order valence-corrected chi connectivity index (χ1v) is 16.2. The molecule has 1 heterocycles. The van der Waals surface area contributed by atoms with Crippen molar-refractivity contribution in [2.75, 3.05) is 13.2 Å². The number of aryl methyl sites for hydroxylation is 1. The number of ether oxygens (including phenoxy) is 2. The van der Waals surface area contributed by atoms with Crippen LogP contribution in [0.1, 0.15) is 31.7 Å². The Balaban J connectivity index is 1.92. The van der Waals surface area contributed by atoms with Gasteiger partial charge in [-0.25, -0.2) is 4.39 Å². The van der Waals surface area contributed by atoms with Gasteiger partial charge in [-0.15, -0.1) is 0 Å². The second kappa shape index (κ2) is 27.8. The maximum atomic E-state index is 15.4. The van der Waals surface area contributed by atoms with Crippen LogP contribution in [-0.2, 0) is 20.7 Å². The Morgan fingerprint density at radius 2 is 1.20 bits per heavy atom. The molecule has 266 valence electrons. The van der Waals surface area contributed by atoms with Gasteiger partial charge in [0.1, 0.15) is 30.6 Å². The summed E-state index contributed by atoms with van der Waals surface area (Å²) in [6.07, 6.45) is -7.19. The highest BCUT2D eigenvalue weighted by atomic mass is 19.1. The van der Waals surface area contributed by atoms with Gasteiger partial charge in [-0.3, -0.25) is 4.79 Å².